The van der Waals surface area contributed by atoms with E-state index in [2.05, 4.69) is 21.0 Å². The zero-order valence-electron chi connectivity index (χ0n) is 15.2. The Balaban J connectivity index is 2.23. The summed E-state index contributed by atoms with van der Waals surface area (Å²) in [6, 6.07) is 2.74. The Bertz CT molecular complexity index is 890. The van der Waals surface area contributed by atoms with Gasteiger partial charge in [-0.25, -0.2) is 4.79 Å². The Hall–Kier alpha value is -3.55. The highest BCUT2D eigenvalue weighted by atomic mass is 19.4. The lowest BCUT2D eigenvalue weighted by molar-refractivity contribution is -0.142. The lowest BCUT2D eigenvalue weighted by atomic mass is 10.2. The first-order valence-corrected chi connectivity index (χ1v) is 8.27. The molecule has 0 radical (unpaired) electrons. The number of nitrogens with zero attached hydrogens (tertiary/aromatic N) is 2. The maximum atomic E-state index is 13.0. The van der Waals surface area contributed by atoms with Crippen LogP contribution in [0.25, 0.3) is 0 Å². The van der Waals surface area contributed by atoms with Gasteiger partial charge in [0.1, 0.15) is 11.5 Å². The molecule has 0 aromatic heterocycles. The van der Waals surface area contributed by atoms with Crippen LogP contribution in [-0.4, -0.2) is 49.6 Å². The topological polar surface area (TPSA) is 97.3 Å². The number of anilines is 2. The molecular formula is C18H16F3N3O5. The maximum absolute atomic E-state index is 13.0. The van der Waals surface area contributed by atoms with Gasteiger partial charge in [0.25, 0.3) is 5.91 Å². The number of rotatable bonds is 5. The highest BCUT2D eigenvalue weighted by molar-refractivity contribution is 6.09. The van der Waals surface area contributed by atoms with Crippen molar-refractivity contribution in [2.45, 2.75) is 19.5 Å². The highest BCUT2D eigenvalue weighted by Gasteiger charge is 2.38. The predicted octanol–water partition coefficient (Wildman–Crippen LogP) is 2.53. The molecule has 0 fully saturated rings. The van der Waals surface area contributed by atoms with Crippen molar-refractivity contribution in [3.63, 3.8) is 0 Å². The van der Waals surface area contributed by atoms with Gasteiger partial charge in [0.2, 0.25) is 0 Å². The SMILES string of the molecule is C#CCN1C(=O)COc2ccc(NC(=O)N=C(CC(=O)OCC)C(F)(F)F)cc21. The number of fused-ring (bicyclic) bond motifs is 1. The standard InChI is InChI=1S/C18H16F3N3O5/c1-3-7-24-12-8-11(5-6-13(12)29-10-15(24)25)22-17(27)23-14(18(19,20)21)9-16(26)28-4-2/h1,5-6,8H,4,7,9-10H2,2H3,(H,22,27). The fourth-order valence-electron chi connectivity index (χ4n) is 2.37. The summed E-state index contributed by atoms with van der Waals surface area (Å²) in [7, 11) is 0. The minimum absolute atomic E-state index is 0.0514. The molecule has 154 valence electrons. The van der Waals surface area contributed by atoms with Crippen LogP contribution in [-0.2, 0) is 14.3 Å². The van der Waals surface area contributed by atoms with Crippen LogP contribution in [0.4, 0.5) is 29.3 Å². The lowest BCUT2D eigenvalue weighted by Gasteiger charge is -2.28. The van der Waals surface area contributed by atoms with Gasteiger partial charge in [-0.15, -0.1) is 6.42 Å². The molecule has 11 heteroatoms. The molecule has 1 aliphatic rings. The van der Waals surface area contributed by atoms with Crippen molar-refractivity contribution >= 4 is 35.0 Å². The molecule has 0 bridgehead atoms. The Morgan fingerprint density at radius 2 is 2.14 bits per heavy atom. The van der Waals surface area contributed by atoms with E-state index < -0.39 is 36.2 Å². The fraction of sp³-hybridized carbons (Fsp3) is 0.333. The molecule has 0 saturated heterocycles. The number of amides is 3. The first-order chi connectivity index (χ1) is 13.7. The molecule has 3 amide bonds. The molecule has 0 unspecified atom stereocenters. The lowest BCUT2D eigenvalue weighted by Crippen LogP contribution is -2.39. The van der Waals surface area contributed by atoms with Crippen LogP contribution in [0.5, 0.6) is 5.75 Å². The number of alkyl halides is 3. The van der Waals surface area contributed by atoms with E-state index in [1.54, 1.807) is 0 Å². The van der Waals surface area contributed by atoms with Crippen molar-refractivity contribution in [1.29, 1.82) is 0 Å². The number of halogens is 3. The van der Waals surface area contributed by atoms with Crippen LogP contribution in [0.15, 0.2) is 23.2 Å². The van der Waals surface area contributed by atoms with E-state index in [4.69, 9.17) is 11.2 Å². The van der Waals surface area contributed by atoms with Gasteiger partial charge in [-0.1, -0.05) is 5.92 Å². The maximum Gasteiger partial charge on any atom is 0.430 e. The third-order valence-corrected chi connectivity index (χ3v) is 3.58. The van der Waals surface area contributed by atoms with Gasteiger partial charge >= 0.3 is 18.2 Å². The molecule has 0 spiro atoms. The molecule has 1 heterocycles. The molecule has 1 aromatic rings. The van der Waals surface area contributed by atoms with Crippen molar-refractivity contribution in [3.8, 4) is 18.1 Å². The smallest absolute Gasteiger partial charge is 0.430 e. The number of hydrogen-bond donors (Lipinski definition) is 1. The molecule has 29 heavy (non-hydrogen) atoms. The van der Waals surface area contributed by atoms with Crippen LogP contribution in [0.2, 0.25) is 0 Å². The summed E-state index contributed by atoms with van der Waals surface area (Å²) in [5.41, 5.74) is -1.29. The summed E-state index contributed by atoms with van der Waals surface area (Å²) in [5, 5.41) is 2.15. The number of esters is 1. The summed E-state index contributed by atoms with van der Waals surface area (Å²) in [5.74, 6) is 1.06. The third-order valence-electron chi connectivity index (χ3n) is 3.58. The van der Waals surface area contributed by atoms with E-state index in [-0.39, 0.29) is 31.1 Å². The van der Waals surface area contributed by atoms with Crippen molar-refractivity contribution in [1.82, 2.24) is 0 Å². The average molecular weight is 411 g/mol. The van der Waals surface area contributed by atoms with E-state index in [0.29, 0.717) is 5.75 Å². The zero-order valence-corrected chi connectivity index (χ0v) is 15.2. The number of carbonyl (C=O) groups is 3. The van der Waals surface area contributed by atoms with Crippen LogP contribution in [0, 0.1) is 12.3 Å². The number of hydrogen-bond acceptors (Lipinski definition) is 5. The normalized spacial score (nSPS) is 13.8. The number of carbonyl (C=O) groups excluding carboxylic acids is 3. The quantitative estimate of drug-likeness (QED) is 0.456. The summed E-state index contributed by atoms with van der Waals surface area (Å²) in [4.78, 5) is 39.4. The number of ether oxygens (including phenoxy) is 2. The fourth-order valence-corrected chi connectivity index (χ4v) is 2.37. The minimum Gasteiger partial charge on any atom is -0.482 e. The number of urea groups is 1. The zero-order chi connectivity index (χ0) is 21.6. The second-order valence-corrected chi connectivity index (χ2v) is 5.62. The third kappa shape index (κ3) is 5.71. The second kappa shape index (κ2) is 9.09. The highest BCUT2D eigenvalue weighted by Crippen LogP contribution is 2.34. The van der Waals surface area contributed by atoms with Crippen molar-refractivity contribution in [2.24, 2.45) is 4.99 Å². The van der Waals surface area contributed by atoms with Gasteiger partial charge in [0.05, 0.1) is 25.3 Å². The molecule has 1 N–H and O–H groups in total. The molecule has 1 aliphatic heterocycles. The predicted molar refractivity (Wildman–Crippen MR) is 96.9 cm³/mol. The van der Waals surface area contributed by atoms with E-state index in [1.165, 1.54) is 30.0 Å². The van der Waals surface area contributed by atoms with Crippen molar-refractivity contribution in [3.05, 3.63) is 18.2 Å². The first-order valence-electron chi connectivity index (χ1n) is 8.27. The number of nitrogens with one attached hydrogen (secondary N) is 1. The average Bonchev–Trinajstić information content (AvgIpc) is 2.63. The van der Waals surface area contributed by atoms with E-state index in [1.807, 2.05) is 0 Å². The number of aliphatic imine (C=N–C) groups is 1. The molecule has 1 aromatic carbocycles. The Morgan fingerprint density at radius 1 is 1.41 bits per heavy atom. The van der Waals surface area contributed by atoms with Crippen molar-refractivity contribution < 1.29 is 37.0 Å². The molecular weight excluding hydrogens is 395 g/mol. The Morgan fingerprint density at radius 3 is 2.76 bits per heavy atom. The van der Waals surface area contributed by atoms with Gasteiger partial charge in [-0.3, -0.25) is 14.5 Å². The largest absolute Gasteiger partial charge is 0.482 e. The summed E-state index contributed by atoms with van der Waals surface area (Å²) < 4.78 is 48.8. The molecule has 2 rings (SSSR count). The van der Waals surface area contributed by atoms with E-state index in [9.17, 15) is 27.6 Å². The van der Waals surface area contributed by atoms with Gasteiger partial charge in [-0.05, 0) is 25.1 Å². The minimum atomic E-state index is -5.00. The van der Waals surface area contributed by atoms with Gasteiger partial charge in [-0.2, -0.15) is 18.2 Å². The summed E-state index contributed by atoms with van der Waals surface area (Å²) in [6.07, 6.45) is -0.960. The molecule has 0 atom stereocenters. The summed E-state index contributed by atoms with van der Waals surface area (Å²) >= 11 is 0. The van der Waals surface area contributed by atoms with Gasteiger partial charge in [0.15, 0.2) is 6.61 Å². The second-order valence-electron chi connectivity index (χ2n) is 5.62. The van der Waals surface area contributed by atoms with Crippen LogP contribution >= 0.6 is 0 Å². The number of terminal acetylenes is 1. The van der Waals surface area contributed by atoms with E-state index >= 15 is 0 Å². The monoisotopic (exact) mass is 411 g/mol. The van der Waals surface area contributed by atoms with Crippen LogP contribution < -0.4 is 15.0 Å². The summed E-state index contributed by atoms with van der Waals surface area (Å²) in [6.45, 7) is 1.05. The van der Waals surface area contributed by atoms with Gasteiger partial charge in [0, 0.05) is 5.69 Å². The van der Waals surface area contributed by atoms with Crippen molar-refractivity contribution in [2.75, 3.05) is 30.0 Å². The Labute approximate surface area is 163 Å². The Kier molecular flexibility index (Phi) is 6.82. The number of benzene rings is 1. The molecule has 0 aliphatic carbocycles. The first kappa shape index (κ1) is 21.7. The van der Waals surface area contributed by atoms with E-state index in [0.717, 1.165) is 0 Å². The van der Waals surface area contributed by atoms with Gasteiger partial charge < -0.3 is 14.8 Å². The molecule has 8 nitrogen and oxygen atoms in total. The molecule has 0 saturated carbocycles. The van der Waals surface area contributed by atoms with Crippen LogP contribution in [0.3, 0.4) is 0 Å². The van der Waals surface area contributed by atoms with Crippen LogP contribution in [0.1, 0.15) is 13.3 Å².